The second kappa shape index (κ2) is 9.23. The lowest BCUT2D eigenvalue weighted by Gasteiger charge is -2.07. The van der Waals surface area contributed by atoms with Crippen LogP contribution in [0, 0.1) is 0 Å². The first kappa shape index (κ1) is 19.7. The Labute approximate surface area is 164 Å². The van der Waals surface area contributed by atoms with Crippen molar-refractivity contribution in [2.24, 2.45) is 0 Å². The van der Waals surface area contributed by atoms with Gasteiger partial charge in [-0.1, -0.05) is 48.5 Å². The zero-order valence-corrected chi connectivity index (χ0v) is 16.1. The molecule has 3 aromatic rings. The van der Waals surface area contributed by atoms with E-state index in [2.05, 4.69) is 15.3 Å². The maximum atomic E-state index is 12.2. The Morgan fingerprint density at radius 3 is 2.14 bits per heavy atom. The molecule has 0 aliphatic heterocycles. The Morgan fingerprint density at radius 2 is 1.50 bits per heavy atom. The summed E-state index contributed by atoms with van der Waals surface area (Å²) in [7, 11) is -3.44. The van der Waals surface area contributed by atoms with E-state index in [-0.39, 0.29) is 23.0 Å². The van der Waals surface area contributed by atoms with Gasteiger partial charge in [0.2, 0.25) is 5.91 Å². The molecule has 0 aliphatic rings. The molecule has 1 amide bonds. The van der Waals surface area contributed by atoms with Crippen LogP contribution in [0.4, 0.5) is 0 Å². The minimum Gasteiger partial charge on any atom is -0.356 e. The van der Waals surface area contributed by atoms with E-state index in [0.717, 1.165) is 11.1 Å². The average Bonchev–Trinajstić information content (AvgIpc) is 2.74. The second-order valence-electron chi connectivity index (χ2n) is 6.26. The first-order valence-electron chi connectivity index (χ1n) is 8.95. The molecule has 0 spiro atoms. The maximum absolute atomic E-state index is 12.2. The number of sulfone groups is 1. The summed E-state index contributed by atoms with van der Waals surface area (Å²) in [5.41, 5.74) is 1.85. The molecule has 1 aromatic heterocycles. The number of carbonyl (C=O) groups is 1. The Morgan fingerprint density at radius 1 is 0.893 bits per heavy atom. The van der Waals surface area contributed by atoms with Crippen LogP contribution < -0.4 is 5.32 Å². The molecule has 7 heteroatoms. The van der Waals surface area contributed by atoms with Crippen molar-refractivity contribution in [1.29, 1.82) is 0 Å². The molecular formula is C21H21N3O3S. The van der Waals surface area contributed by atoms with Gasteiger partial charge in [-0.05, 0) is 24.1 Å². The monoisotopic (exact) mass is 395 g/mol. The van der Waals surface area contributed by atoms with Gasteiger partial charge >= 0.3 is 0 Å². The van der Waals surface area contributed by atoms with Crippen molar-refractivity contribution < 1.29 is 13.2 Å². The summed E-state index contributed by atoms with van der Waals surface area (Å²) in [4.78, 5) is 20.9. The van der Waals surface area contributed by atoms with Crippen LogP contribution in [0.5, 0.6) is 0 Å². The third kappa shape index (κ3) is 5.47. The van der Waals surface area contributed by atoms with Gasteiger partial charge in [0.05, 0.1) is 10.6 Å². The number of amides is 1. The fraction of sp³-hybridized carbons (Fsp3) is 0.190. The molecule has 0 saturated carbocycles. The van der Waals surface area contributed by atoms with E-state index in [9.17, 15) is 13.2 Å². The van der Waals surface area contributed by atoms with Gasteiger partial charge in [-0.15, -0.1) is 0 Å². The predicted molar refractivity (Wildman–Crippen MR) is 107 cm³/mol. The number of carbonyl (C=O) groups excluding carboxylic acids is 1. The number of benzene rings is 2. The molecule has 144 valence electrons. The highest BCUT2D eigenvalue weighted by Crippen LogP contribution is 2.13. The van der Waals surface area contributed by atoms with E-state index in [4.69, 9.17) is 0 Å². The highest BCUT2D eigenvalue weighted by atomic mass is 32.2. The number of aromatic nitrogens is 2. The summed E-state index contributed by atoms with van der Waals surface area (Å²) < 4.78 is 24.4. The zero-order valence-electron chi connectivity index (χ0n) is 15.3. The largest absolute Gasteiger partial charge is 0.356 e. The van der Waals surface area contributed by atoms with Crippen LogP contribution in [0.3, 0.4) is 0 Å². The van der Waals surface area contributed by atoms with Crippen LogP contribution in [0.1, 0.15) is 12.0 Å². The SMILES string of the molecule is O=C(CCS(=O)(=O)c1ccccc1)NCCc1cnc(-c2ccccc2)nc1. The van der Waals surface area contributed by atoms with Crippen molar-refractivity contribution in [1.82, 2.24) is 15.3 Å². The lowest BCUT2D eigenvalue weighted by molar-refractivity contribution is -0.120. The average molecular weight is 395 g/mol. The molecular weight excluding hydrogens is 374 g/mol. The van der Waals surface area contributed by atoms with Crippen LogP contribution in [-0.4, -0.2) is 36.6 Å². The van der Waals surface area contributed by atoms with E-state index in [1.807, 2.05) is 30.3 Å². The first-order chi connectivity index (χ1) is 13.5. The molecule has 0 fully saturated rings. The highest BCUT2D eigenvalue weighted by Gasteiger charge is 2.15. The Bertz CT molecular complexity index is 1010. The molecule has 28 heavy (non-hydrogen) atoms. The summed E-state index contributed by atoms with van der Waals surface area (Å²) >= 11 is 0. The second-order valence-corrected chi connectivity index (χ2v) is 8.37. The van der Waals surface area contributed by atoms with Gasteiger partial charge in [0, 0.05) is 30.9 Å². The summed E-state index contributed by atoms with van der Waals surface area (Å²) in [6.07, 6.45) is 3.98. The topological polar surface area (TPSA) is 89.0 Å². The predicted octanol–water partition coefficient (Wildman–Crippen LogP) is 2.67. The quantitative estimate of drug-likeness (QED) is 0.633. The number of nitrogens with zero attached hydrogens (tertiary/aromatic N) is 2. The van der Waals surface area contributed by atoms with Crippen LogP contribution >= 0.6 is 0 Å². The van der Waals surface area contributed by atoms with Crippen molar-refractivity contribution in [2.45, 2.75) is 17.7 Å². The molecule has 0 radical (unpaired) electrons. The molecule has 0 bridgehead atoms. The van der Waals surface area contributed by atoms with Gasteiger partial charge in [0.25, 0.3) is 0 Å². The number of nitrogens with one attached hydrogen (secondary N) is 1. The molecule has 3 rings (SSSR count). The Hall–Kier alpha value is -3.06. The summed E-state index contributed by atoms with van der Waals surface area (Å²) in [6.45, 7) is 0.401. The van der Waals surface area contributed by atoms with Crippen molar-refractivity contribution in [2.75, 3.05) is 12.3 Å². The normalized spacial score (nSPS) is 11.1. The van der Waals surface area contributed by atoms with Crippen LogP contribution in [0.25, 0.3) is 11.4 Å². The fourth-order valence-electron chi connectivity index (χ4n) is 2.63. The van der Waals surface area contributed by atoms with E-state index >= 15 is 0 Å². The van der Waals surface area contributed by atoms with Crippen LogP contribution in [0.15, 0.2) is 78.0 Å². The lowest BCUT2D eigenvalue weighted by atomic mass is 10.2. The molecule has 2 aromatic carbocycles. The molecule has 0 saturated heterocycles. The molecule has 1 heterocycles. The van der Waals surface area contributed by atoms with Crippen LogP contribution in [-0.2, 0) is 21.1 Å². The van der Waals surface area contributed by atoms with Crippen molar-refractivity contribution in [3.8, 4) is 11.4 Å². The highest BCUT2D eigenvalue weighted by molar-refractivity contribution is 7.91. The van der Waals surface area contributed by atoms with Crippen molar-refractivity contribution >= 4 is 15.7 Å². The molecule has 0 atom stereocenters. The van der Waals surface area contributed by atoms with E-state index in [0.29, 0.717) is 18.8 Å². The standard InChI is InChI=1S/C21H21N3O3S/c25-20(12-14-28(26,27)19-9-5-2-6-10-19)22-13-11-17-15-23-21(24-16-17)18-7-3-1-4-8-18/h1-10,15-16H,11-14H2,(H,22,25). The van der Waals surface area contributed by atoms with Crippen molar-refractivity contribution in [3.05, 3.63) is 78.6 Å². The number of hydrogen-bond donors (Lipinski definition) is 1. The van der Waals surface area contributed by atoms with Crippen LogP contribution in [0.2, 0.25) is 0 Å². The van der Waals surface area contributed by atoms with E-state index in [1.165, 1.54) is 12.1 Å². The maximum Gasteiger partial charge on any atom is 0.221 e. The minimum absolute atomic E-state index is 0.0688. The fourth-order valence-corrected chi connectivity index (χ4v) is 3.89. The molecule has 1 N–H and O–H groups in total. The van der Waals surface area contributed by atoms with Gasteiger partial charge in [-0.2, -0.15) is 0 Å². The third-order valence-electron chi connectivity index (χ3n) is 4.17. The van der Waals surface area contributed by atoms with E-state index < -0.39 is 9.84 Å². The van der Waals surface area contributed by atoms with Gasteiger partial charge < -0.3 is 5.32 Å². The summed E-state index contributed by atoms with van der Waals surface area (Å²) in [6, 6.07) is 17.8. The molecule has 6 nitrogen and oxygen atoms in total. The minimum atomic E-state index is -3.44. The number of hydrogen-bond acceptors (Lipinski definition) is 5. The zero-order chi connectivity index (χ0) is 19.8. The summed E-state index contributed by atoms with van der Waals surface area (Å²) in [5.74, 6) is 0.151. The van der Waals surface area contributed by atoms with Gasteiger partial charge in [-0.25, -0.2) is 18.4 Å². The Kier molecular flexibility index (Phi) is 6.49. The number of rotatable bonds is 8. The van der Waals surface area contributed by atoms with Gasteiger partial charge in [-0.3, -0.25) is 4.79 Å². The Balaban J connectivity index is 1.44. The van der Waals surface area contributed by atoms with E-state index in [1.54, 1.807) is 30.6 Å². The first-order valence-corrected chi connectivity index (χ1v) is 10.6. The molecule has 0 unspecified atom stereocenters. The van der Waals surface area contributed by atoms with Gasteiger partial charge in [0.15, 0.2) is 15.7 Å². The lowest BCUT2D eigenvalue weighted by Crippen LogP contribution is -2.27. The summed E-state index contributed by atoms with van der Waals surface area (Å²) in [5, 5.41) is 2.74. The van der Waals surface area contributed by atoms with Crippen molar-refractivity contribution in [3.63, 3.8) is 0 Å². The smallest absolute Gasteiger partial charge is 0.221 e. The van der Waals surface area contributed by atoms with Gasteiger partial charge in [0.1, 0.15) is 0 Å². The third-order valence-corrected chi connectivity index (χ3v) is 5.91. The molecule has 0 aliphatic carbocycles.